The van der Waals surface area contributed by atoms with Crippen molar-refractivity contribution in [2.75, 3.05) is 20.3 Å². The molecule has 2 N–H and O–H groups in total. The van der Waals surface area contributed by atoms with E-state index in [0.29, 0.717) is 13.2 Å². The van der Waals surface area contributed by atoms with Gasteiger partial charge in [-0.25, -0.2) is 0 Å². The van der Waals surface area contributed by atoms with Gasteiger partial charge in [-0.1, -0.05) is 0 Å². The van der Waals surface area contributed by atoms with Crippen LogP contribution in [0.5, 0.6) is 0 Å². The Balaban J connectivity index is 3.82. The fourth-order valence-corrected chi connectivity index (χ4v) is 0.571. The largest absolute Gasteiger partial charge is 0.501 e. The third kappa shape index (κ3) is 5.80. The van der Waals surface area contributed by atoms with Crippen molar-refractivity contribution in [3.8, 4) is 0 Å². The molecule has 0 amide bonds. The van der Waals surface area contributed by atoms with E-state index in [4.69, 9.17) is 15.2 Å². The zero-order valence-corrected chi connectivity index (χ0v) is 7.96. The summed E-state index contributed by atoms with van der Waals surface area (Å²) >= 11 is 0. The Morgan fingerprint density at radius 3 is 2.33 bits per heavy atom. The van der Waals surface area contributed by atoms with Gasteiger partial charge in [0.2, 0.25) is 0 Å². The van der Waals surface area contributed by atoms with Crippen molar-refractivity contribution in [1.82, 2.24) is 0 Å². The molecular weight excluding hydrogens is 154 g/mol. The van der Waals surface area contributed by atoms with Crippen molar-refractivity contribution in [3.05, 3.63) is 23.7 Å². The lowest BCUT2D eigenvalue weighted by atomic mass is 10.4. The van der Waals surface area contributed by atoms with E-state index < -0.39 is 0 Å². The van der Waals surface area contributed by atoms with E-state index in [1.807, 2.05) is 26.0 Å². The Labute approximate surface area is 73.8 Å². The van der Waals surface area contributed by atoms with Gasteiger partial charge in [-0.3, -0.25) is 0 Å². The van der Waals surface area contributed by atoms with Crippen molar-refractivity contribution < 1.29 is 9.47 Å². The molecule has 0 aromatic rings. The van der Waals surface area contributed by atoms with Gasteiger partial charge in [-0.2, -0.15) is 0 Å². The van der Waals surface area contributed by atoms with Crippen molar-refractivity contribution >= 4 is 0 Å². The summed E-state index contributed by atoms with van der Waals surface area (Å²) in [6, 6.07) is 0. The highest BCUT2D eigenvalue weighted by Crippen LogP contribution is 1.98. The first kappa shape index (κ1) is 11.0. The van der Waals surface area contributed by atoms with E-state index in [-0.39, 0.29) is 0 Å². The summed E-state index contributed by atoms with van der Waals surface area (Å²) in [5.41, 5.74) is 5.27. The second-order valence-corrected chi connectivity index (χ2v) is 2.40. The molecule has 70 valence electrons. The van der Waals surface area contributed by atoms with Crippen LogP contribution in [0.3, 0.4) is 0 Å². The van der Waals surface area contributed by atoms with Gasteiger partial charge in [0.1, 0.15) is 0 Å². The molecule has 0 aliphatic rings. The molecule has 0 heterocycles. The number of hydrogen-bond acceptors (Lipinski definition) is 3. The molecule has 0 atom stereocenters. The van der Waals surface area contributed by atoms with Gasteiger partial charge in [0.15, 0.2) is 0 Å². The van der Waals surface area contributed by atoms with E-state index in [1.165, 1.54) is 0 Å². The molecule has 0 bridgehead atoms. The SMILES string of the molecule is COC(C)=CC=C(C)OCCN. The smallest absolute Gasteiger partial charge is 0.0999 e. The van der Waals surface area contributed by atoms with Crippen LogP contribution in [-0.4, -0.2) is 20.3 Å². The maximum atomic E-state index is 5.27. The third-order valence-corrected chi connectivity index (χ3v) is 1.32. The van der Waals surface area contributed by atoms with Crippen molar-refractivity contribution in [2.45, 2.75) is 13.8 Å². The molecule has 0 aromatic heterocycles. The first-order valence-electron chi connectivity index (χ1n) is 3.92. The molecule has 0 rings (SSSR count). The van der Waals surface area contributed by atoms with E-state index in [0.717, 1.165) is 11.5 Å². The van der Waals surface area contributed by atoms with Crippen LogP contribution in [0.1, 0.15) is 13.8 Å². The average molecular weight is 171 g/mol. The fourth-order valence-electron chi connectivity index (χ4n) is 0.571. The molecule has 0 fully saturated rings. The van der Waals surface area contributed by atoms with Gasteiger partial charge in [0.05, 0.1) is 25.2 Å². The summed E-state index contributed by atoms with van der Waals surface area (Å²) in [6.45, 7) is 4.86. The number of methoxy groups -OCH3 is 1. The van der Waals surface area contributed by atoms with Crippen LogP contribution in [0.4, 0.5) is 0 Å². The minimum Gasteiger partial charge on any atom is -0.501 e. The maximum Gasteiger partial charge on any atom is 0.0999 e. The number of allylic oxidation sites excluding steroid dienone is 4. The molecule has 3 nitrogen and oxygen atoms in total. The van der Waals surface area contributed by atoms with Crippen LogP contribution in [-0.2, 0) is 9.47 Å². The summed E-state index contributed by atoms with van der Waals surface area (Å²) in [7, 11) is 1.63. The molecule has 0 spiro atoms. The van der Waals surface area contributed by atoms with E-state index in [9.17, 15) is 0 Å². The molecule has 3 heteroatoms. The lowest BCUT2D eigenvalue weighted by Crippen LogP contribution is -2.07. The zero-order chi connectivity index (χ0) is 9.40. The van der Waals surface area contributed by atoms with Crippen LogP contribution in [0.25, 0.3) is 0 Å². The van der Waals surface area contributed by atoms with E-state index in [2.05, 4.69) is 0 Å². The predicted molar refractivity (Wildman–Crippen MR) is 49.5 cm³/mol. The number of rotatable bonds is 5. The van der Waals surface area contributed by atoms with Crippen LogP contribution >= 0.6 is 0 Å². The Bertz CT molecular complexity index is 173. The lowest BCUT2D eigenvalue weighted by Gasteiger charge is -2.02. The summed E-state index contributed by atoms with van der Waals surface area (Å²) in [4.78, 5) is 0. The fraction of sp³-hybridized carbons (Fsp3) is 0.556. The molecule has 0 aromatic carbocycles. The second-order valence-electron chi connectivity index (χ2n) is 2.40. The normalized spacial score (nSPS) is 13.0. The first-order valence-corrected chi connectivity index (χ1v) is 3.92. The third-order valence-electron chi connectivity index (χ3n) is 1.32. The predicted octanol–water partition coefficient (Wildman–Crippen LogP) is 1.42. The summed E-state index contributed by atoms with van der Waals surface area (Å²) in [5.74, 6) is 1.70. The zero-order valence-electron chi connectivity index (χ0n) is 7.96. The van der Waals surface area contributed by atoms with Crippen LogP contribution in [0.2, 0.25) is 0 Å². The molecule has 0 aliphatic heterocycles. The van der Waals surface area contributed by atoms with Gasteiger partial charge in [0.25, 0.3) is 0 Å². The number of ether oxygens (including phenoxy) is 2. The average Bonchev–Trinajstić information content (AvgIpc) is 2.10. The first-order chi connectivity index (χ1) is 5.70. The summed E-state index contributed by atoms with van der Waals surface area (Å²) in [5, 5.41) is 0. The van der Waals surface area contributed by atoms with E-state index in [1.54, 1.807) is 7.11 Å². The molecule has 0 radical (unpaired) electrons. The van der Waals surface area contributed by atoms with Crippen LogP contribution < -0.4 is 5.73 Å². The standard InChI is InChI=1S/C9H17NO2/c1-8(11-3)4-5-9(2)12-7-6-10/h4-5H,6-7,10H2,1-3H3. The van der Waals surface area contributed by atoms with Gasteiger partial charge in [-0.15, -0.1) is 0 Å². The second kappa shape index (κ2) is 6.73. The Morgan fingerprint density at radius 2 is 1.83 bits per heavy atom. The highest BCUT2D eigenvalue weighted by molar-refractivity contribution is 5.08. The lowest BCUT2D eigenvalue weighted by molar-refractivity contribution is 0.223. The highest BCUT2D eigenvalue weighted by atomic mass is 16.5. The molecule has 0 unspecified atom stereocenters. The summed E-state index contributed by atoms with van der Waals surface area (Å²) < 4.78 is 10.2. The minimum absolute atomic E-state index is 0.540. The highest BCUT2D eigenvalue weighted by Gasteiger charge is 1.86. The van der Waals surface area contributed by atoms with Gasteiger partial charge < -0.3 is 15.2 Å². The topological polar surface area (TPSA) is 44.5 Å². The number of nitrogens with two attached hydrogens (primary N) is 1. The van der Waals surface area contributed by atoms with Gasteiger partial charge in [0, 0.05) is 6.54 Å². The quantitative estimate of drug-likeness (QED) is 0.502. The Hall–Kier alpha value is -0.960. The molecular formula is C9H17NO2. The van der Waals surface area contributed by atoms with Crippen LogP contribution in [0, 0.1) is 0 Å². The van der Waals surface area contributed by atoms with Crippen molar-refractivity contribution in [2.24, 2.45) is 5.73 Å². The molecule has 0 aliphatic carbocycles. The van der Waals surface area contributed by atoms with Crippen molar-refractivity contribution in [1.29, 1.82) is 0 Å². The summed E-state index contributed by atoms with van der Waals surface area (Å²) in [6.07, 6.45) is 3.71. The minimum atomic E-state index is 0.540. The number of hydrogen-bond donors (Lipinski definition) is 1. The maximum absolute atomic E-state index is 5.27. The monoisotopic (exact) mass is 171 g/mol. The Morgan fingerprint density at radius 1 is 1.25 bits per heavy atom. The van der Waals surface area contributed by atoms with E-state index >= 15 is 0 Å². The van der Waals surface area contributed by atoms with Gasteiger partial charge in [-0.05, 0) is 26.0 Å². The van der Waals surface area contributed by atoms with Crippen molar-refractivity contribution in [3.63, 3.8) is 0 Å². The van der Waals surface area contributed by atoms with Gasteiger partial charge >= 0.3 is 0 Å². The molecule has 0 saturated carbocycles. The molecule has 12 heavy (non-hydrogen) atoms. The Kier molecular flexibility index (Phi) is 6.19. The van der Waals surface area contributed by atoms with Crippen LogP contribution in [0.15, 0.2) is 23.7 Å². The molecule has 0 saturated heterocycles.